The normalized spacial score (nSPS) is 23.2. The molecule has 0 amide bonds. The van der Waals surface area contributed by atoms with E-state index in [4.69, 9.17) is 0 Å². The Morgan fingerprint density at radius 3 is 2.22 bits per heavy atom. The maximum atomic E-state index is 12.3. The first-order valence-corrected chi connectivity index (χ1v) is 9.79. The van der Waals surface area contributed by atoms with Gasteiger partial charge in [0.05, 0.1) is 8.07 Å². The van der Waals surface area contributed by atoms with Gasteiger partial charge in [-0.25, -0.2) is 0 Å². The summed E-state index contributed by atoms with van der Waals surface area (Å²) in [4.78, 5) is 12.3. The molecule has 0 saturated heterocycles. The number of carbonyl (C=O) groups excluding carboxylic acids is 1. The van der Waals surface area contributed by atoms with Crippen LogP contribution in [0.4, 0.5) is 0 Å². The summed E-state index contributed by atoms with van der Waals surface area (Å²) in [5, 5.41) is 0.152. The van der Waals surface area contributed by atoms with E-state index in [0.717, 1.165) is 12.0 Å². The number of rotatable bonds is 4. The highest BCUT2D eigenvalue weighted by Gasteiger charge is 2.52. The van der Waals surface area contributed by atoms with E-state index < -0.39 is 8.07 Å². The molecule has 0 spiro atoms. The first-order valence-electron chi connectivity index (χ1n) is 7.17. The van der Waals surface area contributed by atoms with Gasteiger partial charge in [0.25, 0.3) is 0 Å². The highest BCUT2D eigenvalue weighted by molar-refractivity contribution is 6.83. The summed E-state index contributed by atoms with van der Waals surface area (Å²) in [6.07, 6.45) is 0.744. The van der Waals surface area contributed by atoms with Crippen LogP contribution in [0.15, 0.2) is 24.3 Å². The number of fused-ring (bicyclic) bond motifs is 1. The molecule has 1 nitrogen and oxygen atoms in total. The molecule has 0 radical (unpaired) electrons. The molecule has 2 rings (SSSR count). The molecule has 1 aromatic rings. The standard InChI is InChI=1S/C16H24OSi/c1-5-18(6-2,7-3)16(4)12-15(17)13-10-8-9-11-14(13)16/h8-11H,5-7,12H2,1-4H3/t16-/m0/s1. The van der Waals surface area contributed by atoms with Crippen LogP contribution in [-0.2, 0) is 5.04 Å². The summed E-state index contributed by atoms with van der Waals surface area (Å²) in [5.41, 5.74) is 2.33. The molecule has 1 aliphatic rings. The molecule has 2 heteroatoms. The number of hydrogen-bond donors (Lipinski definition) is 0. The van der Waals surface area contributed by atoms with Crippen molar-refractivity contribution in [3.05, 3.63) is 35.4 Å². The molecule has 0 heterocycles. The first-order chi connectivity index (χ1) is 8.54. The molecule has 0 aliphatic heterocycles. The molecule has 1 aliphatic carbocycles. The van der Waals surface area contributed by atoms with Gasteiger partial charge in [-0.05, 0) is 10.6 Å². The summed E-state index contributed by atoms with van der Waals surface area (Å²) in [6.45, 7) is 9.35. The molecule has 18 heavy (non-hydrogen) atoms. The third kappa shape index (κ3) is 1.62. The summed E-state index contributed by atoms with van der Waals surface area (Å²) < 4.78 is 0. The minimum absolute atomic E-state index is 0.152. The van der Waals surface area contributed by atoms with Gasteiger partial charge in [-0.3, -0.25) is 4.79 Å². The molecule has 0 aromatic heterocycles. The summed E-state index contributed by atoms with van der Waals surface area (Å²) in [6, 6.07) is 12.1. The SMILES string of the molecule is CC[Si](CC)(CC)[C@@]1(C)CC(=O)c2ccccc21. The van der Waals surface area contributed by atoms with E-state index >= 15 is 0 Å². The van der Waals surface area contributed by atoms with Crippen LogP contribution in [0.1, 0.15) is 50.0 Å². The van der Waals surface area contributed by atoms with Gasteiger partial charge in [-0.15, -0.1) is 0 Å². The molecular formula is C16H24OSi. The van der Waals surface area contributed by atoms with E-state index in [1.54, 1.807) is 0 Å². The van der Waals surface area contributed by atoms with Gasteiger partial charge in [0, 0.05) is 12.0 Å². The lowest BCUT2D eigenvalue weighted by Gasteiger charge is -2.44. The second-order valence-corrected chi connectivity index (χ2v) is 11.6. The van der Waals surface area contributed by atoms with E-state index in [-0.39, 0.29) is 5.04 Å². The fraction of sp³-hybridized carbons (Fsp3) is 0.562. The van der Waals surface area contributed by atoms with Crippen molar-refractivity contribution in [3.8, 4) is 0 Å². The van der Waals surface area contributed by atoms with Crippen LogP contribution in [0.25, 0.3) is 0 Å². The number of benzene rings is 1. The molecule has 1 atom stereocenters. The Morgan fingerprint density at radius 2 is 1.67 bits per heavy atom. The molecule has 0 saturated carbocycles. The minimum atomic E-state index is -1.42. The highest BCUT2D eigenvalue weighted by atomic mass is 28.3. The van der Waals surface area contributed by atoms with Crippen molar-refractivity contribution in [3.63, 3.8) is 0 Å². The van der Waals surface area contributed by atoms with E-state index in [9.17, 15) is 4.79 Å². The number of carbonyl (C=O) groups is 1. The van der Waals surface area contributed by atoms with Gasteiger partial charge in [0.15, 0.2) is 5.78 Å². The molecule has 98 valence electrons. The van der Waals surface area contributed by atoms with Crippen molar-refractivity contribution >= 4 is 13.9 Å². The van der Waals surface area contributed by atoms with Crippen LogP contribution < -0.4 is 0 Å². The van der Waals surface area contributed by atoms with Crippen LogP contribution in [0.3, 0.4) is 0 Å². The van der Waals surface area contributed by atoms with Gasteiger partial charge in [0.2, 0.25) is 0 Å². The summed E-state index contributed by atoms with van der Waals surface area (Å²) >= 11 is 0. The Morgan fingerprint density at radius 1 is 1.11 bits per heavy atom. The minimum Gasteiger partial charge on any atom is -0.294 e. The van der Waals surface area contributed by atoms with Crippen LogP contribution in [0.5, 0.6) is 0 Å². The van der Waals surface area contributed by atoms with Crippen LogP contribution in [0.2, 0.25) is 18.1 Å². The Kier molecular flexibility index (Phi) is 3.50. The van der Waals surface area contributed by atoms with Gasteiger partial charge in [-0.2, -0.15) is 0 Å². The number of ketones is 1. The quantitative estimate of drug-likeness (QED) is 0.724. The first kappa shape index (κ1) is 13.5. The number of Topliss-reactive ketones (excluding diaryl/α,β-unsaturated/α-hetero) is 1. The summed E-state index contributed by atoms with van der Waals surface area (Å²) in [7, 11) is -1.42. The van der Waals surface area contributed by atoms with Crippen LogP contribution >= 0.6 is 0 Å². The third-order valence-corrected chi connectivity index (χ3v) is 12.4. The predicted octanol–water partition coefficient (Wildman–Crippen LogP) is 4.58. The van der Waals surface area contributed by atoms with Crippen molar-refractivity contribution in [1.29, 1.82) is 0 Å². The Hall–Kier alpha value is -0.893. The Bertz CT molecular complexity index is 454. The fourth-order valence-corrected chi connectivity index (χ4v) is 9.28. The molecule has 1 aromatic carbocycles. The van der Waals surface area contributed by atoms with E-state index in [0.29, 0.717) is 5.78 Å². The smallest absolute Gasteiger partial charge is 0.163 e. The van der Waals surface area contributed by atoms with E-state index in [2.05, 4.69) is 39.8 Å². The van der Waals surface area contributed by atoms with Crippen molar-refractivity contribution in [1.82, 2.24) is 0 Å². The van der Waals surface area contributed by atoms with E-state index in [1.165, 1.54) is 23.7 Å². The molecule has 0 unspecified atom stereocenters. The van der Waals surface area contributed by atoms with Gasteiger partial charge < -0.3 is 0 Å². The second kappa shape index (κ2) is 4.65. The lowest BCUT2D eigenvalue weighted by molar-refractivity contribution is 0.0985. The number of hydrogen-bond acceptors (Lipinski definition) is 1. The van der Waals surface area contributed by atoms with Gasteiger partial charge >= 0.3 is 0 Å². The topological polar surface area (TPSA) is 17.1 Å². The van der Waals surface area contributed by atoms with Crippen molar-refractivity contribution < 1.29 is 4.79 Å². The van der Waals surface area contributed by atoms with Gasteiger partial charge in [-0.1, -0.05) is 70.1 Å². The molecule has 0 bridgehead atoms. The largest absolute Gasteiger partial charge is 0.294 e. The second-order valence-electron chi connectivity index (χ2n) is 5.82. The van der Waals surface area contributed by atoms with Crippen molar-refractivity contribution in [2.75, 3.05) is 0 Å². The highest BCUT2D eigenvalue weighted by Crippen LogP contribution is 2.49. The average molecular weight is 260 g/mol. The maximum absolute atomic E-state index is 12.3. The summed E-state index contributed by atoms with van der Waals surface area (Å²) in [5.74, 6) is 0.361. The van der Waals surface area contributed by atoms with Crippen molar-refractivity contribution in [2.45, 2.75) is 57.3 Å². The monoisotopic (exact) mass is 260 g/mol. The molecular weight excluding hydrogens is 236 g/mol. The van der Waals surface area contributed by atoms with Crippen LogP contribution in [0, 0.1) is 0 Å². The third-order valence-electron chi connectivity index (χ3n) is 5.54. The lowest BCUT2D eigenvalue weighted by atomic mass is 10.0. The fourth-order valence-electron chi connectivity index (χ4n) is 4.11. The predicted molar refractivity (Wildman–Crippen MR) is 79.9 cm³/mol. The van der Waals surface area contributed by atoms with E-state index in [1.807, 2.05) is 12.1 Å². The van der Waals surface area contributed by atoms with Crippen LogP contribution in [-0.4, -0.2) is 13.9 Å². The molecule has 0 fully saturated rings. The lowest BCUT2D eigenvalue weighted by Crippen LogP contribution is -2.52. The zero-order valence-corrected chi connectivity index (χ0v) is 13.0. The maximum Gasteiger partial charge on any atom is 0.163 e. The molecule has 0 N–H and O–H groups in total. The zero-order valence-electron chi connectivity index (χ0n) is 12.0. The Balaban J connectivity index is 2.60. The van der Waals surface area contributed by atoms with Gasteiger partial charge in [0.1, 0.15) is 0 Å². The van der Waals surface area contributed by atoms with Crippen molar-refractivity contribution in [2.24, 2.45) is 0 Å². The zero-order chi connectivity index (χ0) is 13.4. The Labute approximate surface area is 112 Å². The average Bonchev–Trinajstić information content (AvgIpc) is 2.66.